The Kier molecular flexibility index (Phi) is 8.67. The van der Waals surface area contributed by atoms with E-state index < -0.39 is 12.0 Å². The van der Waals surface area contributed by atoms with Crippen molar-refractivity contribution in [3.63, 3.8) is 0 Å². The smallest absolute Gasteiger partial charge is 0.338 e. The van der Waals surface area contributed by atoms with Crippen LogP contribution >= 0.6 is 11.3 Å². The third kappa shape index (κ3) is 6.19. The molecule has 0 amide bonds. The molecule has 2 heterocycles. The molecule has 8 heteroatoms. The lowest BCUT2D eigenvalue weighted by Gasteiger charge is -2.25. The second-order valence-corrected chi connectivity index (χ2v) is 12.0. The van der Waals surface area contributed by atoms with E-state index in [1.807, 2.05) is 111 Å². The van der Waals surface area contributed by atoms with Crippen molar-refractivity contribution < 1.29 is 19.0 Å². The fourth-order valence-corrected chi connectivity index (χ4v) is 6.55. The highest BCUT2D eigenvalue weighted by molar-refractivity contribution is 7.07. The minimum atomic E-state index is -0.711. The largest absolute Gasteiger partial charge is 0.491 e. The number of nitrogens with zero attached hydrogens (tertiary/aromatic N) is 2. The average molecular weight is 619 g/mol. The zero-order chi connectivity index (χ0) is 31.5. The Hall–Kier alpha value is -4.95. The molecular formula is C37H34N2O5S. The first-order valence-electron chi connectivity index (χ1n) is 15.0. The highest BCUT2D eigenvalue weighted by Crippen LogP contribution is 2.33. The van der Waals surface area contributed by atoms with Gasteiger partial charge in [-0.05, 0) is 73.9 Å². The standard InChI is InChI=1S/C37H34N2O5S/c1-5-42-36(41)33-24(4)38-37-39(34(33)27-15-18-28(19-16-27)44-23(2)3)35(40)32(45-37)21-30-29-14-10-9-13-26(29)17-20-31(30)43-22-25-11-7-6-8-12-25/h6-21,23,34H,5,22H2,1-4H3/b32-21-/t34-/m1/s1. The molecule has 1 aromatic heterocycles. The molecule has 1 aliphatic rings. The molecule has 0 saturated carbocycles. The van der Waals surface area contributed by atoms with Gasteiger partial charge in [0.1, 0.15) is 18.1 Å². The van der Waals surface area contributed by atoms with Crippen LogP contribution < -0.4 is 24.4 Å². The number of aromatic nitrogens is 1. The molecule has 0 aliphatic carbocycles. The maximum absolute atomic E-state index is 14.3. The van der Waals surface area contributed by atoms with Crippen LogP contribution in [-0.2, 0) is 16.1 Å². The number of hydrogen-bond donors (Lipinski definition) is 0. The van der Waals surface area contributed by atoms with Crippen molar-refractivity contribution in [2.75, 3.05) is 6.61 Å². The number of thiazole rings is 1. The Bertz CT molecular complexity index is 2080. The minimum absolute atomic E-state index is 0.0152. The zero-order valence-electron chi connectivity index (χ0n) is 25.7. The van der Waals surface area contributed by atoms with Crippen molar-refractivity contribution >= 4 is 34.2 Å². The van der Waals surface area contributed by atoms with E-state index in [4.69, 9.17) is 19.2 Å². The van der Waals surface area contributed by atoms with E-state index in [2.05, 4.69) is 0 Å². The van der Waals surface area contributed by atoms with Crippen LogP contribution in [0.25, 0.3) is 16.8 Å². The average Bonchev–Trinajstić information content (AvgIpc) is 3.34. The van der Waals surface area contributed by atoms with E-state index in [9.17, 15) is 9.59 Å². The number of allylic oxidation sites excluding steroid dienone is 1. The number of hydrogen-bond acceptors (Lipinski definition) is 7. The van der Waals surface area contributed by atoms with Crippen LogP contribution in [0.5, 0.6) is 11.5 Å². The second kappa shape index (κ2) is 13.0. The lowest BCUT2D eigenvalue weighted by molar-refractivity contribution is -0.139. The van der Waals surface area contributed by atoms with Gasteiger partial charge in [-0.15, -0.1) is 0 Å². The van der Waals surface area contributed by atoms with Gasteiger partial charge in [-0.25, -0.2) is 9.79 Å². The minimum Gasteiger partial charge on any atom is -0.491 e. The molecule has 4 aromatic carbocycles. The van der Waals surface area contributed by atoms with E-state index in [1.54, 1.807) is 18.4 Å². The first-order valence-corrected chi connectivity index (χ1v) is 15.8. The molecule has 5 aromatic rings. The van der Waals surface area contributed by atoms with Gasteiger partial charge in [0, 0.05) is 5.56 Å². The zero-order valence-corrected chi connectivity index (χ0v) is 26.5. The summed E-state index contributed by atoms with van der Waals surface area (Å²) in [5, 5.41) is 2.00. The maximum atomic E-state index is 14.3. The highest BCUT2D eigenvalue weighted by Gasteiger charge is 2.33. The predicted octanol–water partition coefficient (Wildman–Crippen LogP) is 6.32. The molecular weight excluding hydrogens is 584 g/mol. The van der Waals surface area contributed by atoms with Crippen LogP contribution in [0, 0.1) is 0 Å². The molecule has 6 rings (SSSR count). The van der Waals surface area contributed by atoms with Gasteiger partial charge in [0.25, 0.3) is 5.56 Å². The van der Waals surface area contributed by atoms with Crippen molar-refractivity contribution in [1.82, 2.24) is 4.57 Å². The summed E-state index contributed by atoms with van der Waals surface area (Å²) in [7, 11) is 0. The molecule has 1 aliphatic heterocycles. The van der Waals surface area contributed by atoms with Crippen LogP contribution in [0.1, 0.15) is 50.4 Å². The van der Waals surface area contributed by atoms with Crippen molar-refractivity contribution in [2.24, 2.45) is 4.99 Å². The van der Waals surface area contributed by atoms with Gasteiger partial charge in [-0.3, -0.25) is 9.36 Å². The fraction of sp³-hybridized carbons (Fsp3) is 0.216. The first kappa shape index (κ1) is 30.1. The van der Waals surface area contributed by atoms with Crippen LogP contribution in [0.4, 0.5) is 0 Å². The number of esters is 1. The summed E-state index contributed by atoms with van der Waals surface area (Å²) in [6, 6.07) is 28.7. The number of rotatable bonds is 9. The molecule has 7 nitrogen and oxygen atoms in total. The Morgan fingerprint density at radius 2 is 1.71 bits per heavy atom. The van der Waals surface area contributed by atoms with Gasteiger partial charge < -0.3 is 14.2 Å². The molecule has 0 fully saturated rings. The topological polar surface area (TPSA) is 79.1 Å². The van der Waals surface area contributed by atoms with Crippen molar-refractivity contribution in [3.05, 3.63) is 139 Å². The van der Waals surface area contributed by atoms with Gasteiger partial charge >= 0.3 is 5.97 Å². The highest BCUT2D eigenvalue weighted by atomic mass is 32.1. The fourth-order valence-electron chi connectivity index (χ4n) is 5.52. The SMILES string of the molecule is CCOC(=O)C1=C(C)N=c2s/c(=C\c3c(OCc4ccccc4)ccc4ccccc34)c(=O)n2[C@@H]1c1ccc(OC(C)C)cc1. The number of carbonyl (C=O) groups excluding carboxylic acids is 1. The quantitative estimate of drug-likeness (QED) is 0.181. The summed E-state index contributed by atoms with van der Waals surface area (Å²) in [4.78, 5) is 32.9. The van der Waals surface area contributed by atoms with Crippen LogP contribution in [0.3, 0.4) is 0 Å². The number of ether oxygens (including phenoxy) is 3. The van der Waals surface area contributed by atoms with Gasteiger partial charge in [-0.1, -0.05) is 84.1 Å². The Labute approximate surface area is 265 Å². The van der Waals surface area contributed by atoms with Gasteiger partial charge in [0.15, 0.2) is 4.80 Å². The van der Waals surface area contributed by atoms with E-state index in [-0.39, 0.29) is 18.3 Å². The first-order chi connectivity index (χ1) is 21.8. The predicted molar refractivity (Wildman–Crippen MR) is 177 cm³/mol. The van der Waals surface area contributed by atoms with Gasteiger partial charge in [0.05, 0.1) is 34.6 Å². The molecule has 45 heavy (non-hydrogen) atoms. The van der Waals surface area contributed by atoms with Crippen molar-refractivity contribution in [1.29, 1.82) is 0 Å². The molecule has 1 atom stereocenters. The summed E-state index contributed by atoms with van der Waals surface area (Å²) < 4.78 is 19.7. The molecule has 0 spiro atoms. The number of benzene rings is 4. The monoisotopic (exact) mass is 618 g/mol. The van der Waals surface area contributed by atoms with Gasteiger partial charge in [0.2, 0.25) is 0 Å². The Balaban J connectivity index is 1.51. The van der Waals surface area contributed by atoms with Crippen LogP contribution in [0.2, 0.25) is 0 Å². The molecule has 0 bridgehead atoms. The lowest BCUT2D eigenvalue weighted by Crippen LogP contribution is -2.39. The molecule has 0 unspecified atom stereocenters. The van der Waals surface area contributed by atoms with E-state index in [0.29, 0.717) is 38.7 Å². The lowest BCUT2D eigenvalue weighted by atomic mass is 9.96. The summed E-state index contributed by atoms with van der Waals surface area (Å²) in [5.74, 6) is 0.883. The maximum Gasteiger partial charge on any atom is 0.338 e. The summed E-state index contributed by atoms with van der Waals surface area (Å²) >= 11 is 1.29. The third-order valence-corrected chi connectivity index (χ3v) is 8.51. The molecule has 0 N–H and O–H groups in total. The van der Waals surface area contributed by atoms with Crippen molar-refractivity contribution in [2.45, 2.75) is 46.4 Å². The molecule has 0 saturated heterocycles. The number of fused-ring (bicyclic) bond motifs is 2. The summed E-state index contributed by atoms with van der Waals surface area (Å²) in [6.45, 7) is 8.07. The van der Waals surface area contributed by atoms with Crippen molar-refractivity contribution in [3.8, 4) is 11.5 Å². The molecule has 228 valence electrons. The summed E-state index contributed by atoms with van der Waals surface area (Å²) in [6.07, 6.45) is 1.90. The van der Waals surface area contributed by atoms with E-state index in [1.165, 1.54) is 11.3 Å². The van der Waals surface area contributed by atoms with Crippen LogP contribution in [-0.4, -0.2) is 23.2 Å². The third-order valence-electron chi connectivity index (χ3n) is 7.53. The van der Waals surface area contributed by atoms with E-state index >= 15 is 0 Å². The Morgan fingerprint density at radius 1 is 0.978 bits per heavy atom. The normalized spacial score (nSPS) is 14.8. The summed E-state index contributed by atoms with van der Waals surface area (Å²) in [5.41, 5.74) is 3.22. The second-order valence-electron chi connectivity index (χ2n) is 11.0. The van der Waals surface area contributed by atoms with E-state index in [0.717, 1.165) is 27.5 Å². The van der Waals surface area contributed by atoms with Gasteiger partial charge in [-0.2, -0.15) is 0 Å². The Morgan fingerprint density at radius 3 is 2.44 bits per heavy atom. The number of carbonyl (C=O) groups is 1. The van der Waals surface area contributed by atoms with Crippen LogP contribution in [0.15, 0.2) is 112 Å². The molecule has 0 radical (unpaired) electrons.